The molecule has 0 bridgehead atoms. The smallest absolute Gasteiger partial charge is 0.406 e. The van der Waals surface area contributed by atoms with E-state index in [9.17, 15) is 18.0 Å². The van der Waals surface area contributed by atoms with Crippen LogP contribution in [0.2, 0.25) is 0 Å². The quantitative estimate of drug-likeness (QED) is 0.841. The Morgan fingerprint density at radius 3 is 2.43 bits per heavy atom. The van der Waals surface area contributed by atoms with Crippen molar-refractivity contribution in [3.63, 3.8) is 0 Å². The fourth-order valence-electron chi connectivity index (χ4n) is 2.19. The molecule has 2 N–H and O–H groups in total. The molecule has 0 radical (unpaired) electrons. The summed E-state index contributed by atoms with van der Waals surface area (Å²) < 4.78 is 40.0. The average Bonchev–Trinajstić information content (AvgIpc) is 2.80. The van der Waals surface area contributed by atoms with Crippen LogP contribution in [0, 0.1) is 0 Å². The standard InChI is InChI=1S/C16H11F3N2O2/c17-16(18,19)23-11-7-5-10(6-8-11)20-9-13-12-3-1-2-4-14(12)21-15(13)22/h1-9,20H,(H,21,22)/b13-9-. The molecule has 0 unspecified atom stereocenters. The first-order valence-corrected chi connectivity index (χ1v) is 6.66. The molecule has 1 heterocycles. The maximum absolute atomic E-state index is 12.1. The summed E-state index contributed by atoms with van der Waals surface area (Å²) in [6, 6.07) is 12.5. The van der Waals surface area contributed by atoms with Crippen LogP contribution in [0.5, 0.6) is 5.75 Å². The van der Waals surface area contributed by atoms with E-state index >= 15 is 0 Å². The second kappa shape index (κ2) is 5.68. The molecule has 4 nitrogen and oxygen atoms in total. The van der Waals surface area contributed by atoms with Gasteiger partial charge in [-0.25, -0.2) is 0 Å². The third-order valence-electron chi connectivity index (χ3n) is 3.18. The van der Waals surface area contributed by atoms with Crippen molar-refractivity contribution in [1.82, 2.24) is 0 Å². The van der Waals surface area contributed by atoms with Gasteiger partial charge in [0.25, 0.3) is 5.91 Å². The average molecular weight is 320 g/mol. The maximum Gasteiger partial charge on any atom is 0.573 e. The molecule has 0 fully saturated rings. The Balaban J connectivity index is 1.74. The summed E-state index contributed by atoms with van der Waals surface area (Å²) in [5, 5.41) is 5.61. The Labute approximate surface area is 129 Å². The molecule has 2 aromatic carbocycles. The van der Waals surface area contributed by atoms with Gasteiger partial charge in [0, 0.05) is 23.1 Å². The molecule has 118 valence electrons. The number of nitrogens with one attached hydrogen (secondary N) is 2. The molecule has 0 atom stereocenters. The van der Waals surface area contributed by atoms with Crippen molar-refractivity contribution < 1.29 is 22.7 Å². The number of benzene rings is 2. The van der Waals surface area contributed by atoms with E-state index in [1.54, 1.807) is 12.1 Å². The lowest BCUT2D eigenvalue weighted by molar-refractivity contribution is -0.274. The molecule has 23 heavy (non-hydrogen) atoms. The lowest BCUT2D eigenvalue weighted by atomic mass is 10.1. The van der Waals surface area contributed by atoms with Crippen LogP contribution in [0.25, 0.3) is 5.57 Å². The second-order valence-electron chi connectivity index (χ2n) is 4.77. The van der Waals surface area contributed by atoms with Crippen LogP contribution in [0.4, 0.5) is 24.5 Å². The number of carbonyl (C=O) groups excluding carboxylic acids is 1. The highest BCUT2D eigenvalue weighted by molar-refractivity contribution is 6.31. The monoisotopic (exact) mass is 320 g/mol. The molecule has 0 saturated carbocycles. The number of hydrogen-bond acceptors (Lipinski definition) is 3. The summed E-state index contributed by atoms with van der Waals surface area (Å²) in [6.45, 7) is 0. The molecule has 1 aliphatic heterocycles. The first-order chi connectivity index (χ1) is 10.9. The first-order valence-electron chi connectivity index (χ1n) is 6.66. The van der Waals surface area contributed by atoms with Gasteiger partial charge in [0.15, 0.2) is 0 Å². The van der Waals surface area contributed by atoms with E-state index in [1.807, 2.05) is 12.1 Å². The van der Waals surface area contributed by atoms with Gasteiger partial charge in [0.1, 0.15) is 5.75 Å². The highest BCUT2D eigenvalue weighted by Gasteiger charge is 2.31. The summed E-state index contributed by atoms with van der Waals surface area (Å²) in [6.07, 6.45) is -3.21. The van der Waals surface area contributed by atoms with Gasteiger partial charge in [0.2, 0.25) is 0 Å². The van der Waals surface area contributed by atoms with Crippen molar-refractivity contribution in [2.75, 3.05) is 10.6 Å². The minimum atomic E-state index is -4.72. The van der Waals surface area contributed by atoms with Crippen LogP contribution in [0.15, 0.2) is 54.7 Å². The zero-order valence-corrected chi connectivity index (χ0v) is 11.6. The van der Waals surface area contributed by atoms with Crippen molar-refractivity contribution in [2.24, 2.45) is 0 Å². The number of amides is 1. The van der Waals surface area contributed by atoms with Crippen molar-refractivity contribution in [3.8, 4) is 5.75 Å². The largest absolute Gasteiger partial charge is 0.573 e. The minimum Gasteiger partial charge on any atom is -0.406 e. The van der Waals surface area contributed by atoms with Gasteiger partial charge in [-0.2, -0.15) is 0 Å². The molecule has 7 heteroatoms. The summed E-state index contributed by atoms with van der Waals surface area (Å²) >= 11 is 0. The number of rotatable bonds is 3. The van der Waals surface area contributed by atoms with E-state index in [4.69, 9.17) is 0 Å². The summed E-state index contributed by atoms with van der Waals surface area (Å²) in [7, 11) is 0. The lowest BCUT2D eigenvalue weighted by Gasteiger charge is -2.09. The van der Waals surface area contributed by atoms with Gasteiger partial charge < -0.3 is 15.4 Å². The second-order valence-corrected chi connectivity index (χ2v) is 4.77. The third-order valence-corrected chi connectivity index (χ3v) is 3.18. The summed E-state index contributed by atoms with van der Waals surface area (Å²) in [5.74, 6) is -0.546. The topological polar surface area (TPSA) is 50.4 Å². The van der Waals surface area contributed by atoms with Gasteiger partial charge in [0.05, 0.1) is 5.57 Å². The maximum atomic E-state index is 12.1. The molecule has 0 aliphatic carbocycles. The number of alkyl halides is 3. The molecule has 2 aromatic rings. The van der Waals surface area contributed by atoms with Crippen LogP contribution >= 0.6 is 0 Å². The third kappa shape index (κ3) is 3.45. The van der Waals surface area contributed by atoms with E-state index in [0.717, 1.165) is 11.3 Å². The van der Waals surface area contributed by atoms with E-state index in [1.165, 1.54) is 30.5 Å². The van der Waals surface area contributed by atoms with E-state index in [-0.39, 0.29) is 11.7 Å². The zero-order chi connectivity index (χ0) is 16.4. The van der Waals surface area contributed by atoms with Crippen LogP contribution in [0.1, 0.15) is 5.56 Å². The Morgan fingerprint density at radius 2 is 1.74 bits per heavy atom. The van der Waals surface area contributed by atoms with Crippen LogP contribution in [-0.2, 0) is 4.79 Å². The van der Waals surface area contributed by atoms with Crippen LogP contribution in [0.3, 0.4) is 0 Å². The molecule has 0 aromatic heterocycles. The number of anilines is 2. The number of carbonyl (C=O) groups is 1. The molecular weight excluding hydrogens is 309 g/mol. The van der Waals surface area contributed by atoms with Crippen molar-refractivity contribution >= 4 is 22.9 Å². The Kier molecular flexibility index (Phi) is 3.69. The van der Waals surface area contributed by atoms with Gasteiger partial charge in [-0.3, -0.25) is 4.79 Å². The Bertz CT molecular complexity index is 768. The first kappa shape index (κ1) is 15.0. The molecule has 3 rings (SSSR count). The SMILES string of the molecule is O=C1Nc2ccccc2/C1=C/Nc1ccc(OC(F)(F)F)cc1. The Hall–Kier alpha value is -2.96. The number of halogens is 3. The Morgan fingerprint density at radius 1 is 1.04 bits per heavy atom. The van der Waals surface area contributed by atoms with Crippen LogP contribution < -0.4 is 15.4 Å². The highest BCUT2D eigenvalue weighted by Crippen LogP contribution is 2.31. The molecule has 0 spiro atoms. The summed E-state index contributed by atoms with van der Waals surface area (Å²) in [5.41, 5.74) is 2.47. The molecule has 0 saturated heterocycles. The van der Waals surface area contributed by atoms with Gasteiger partial charge in [-0.1, -0.05) is 18.2 Å². The fourth-order valence-corrected chi connectivity index (χ4v) is 2.19. The van der Waals surface area contributed by atoms with E-state index in [2.05, 4.69) is 15.4 Å². The molecule has 1 amide bonds. The normalized spacial score (nSPS) is 15.3. The number of para-hydroxylation sites is 1. The van der Waals surface area contributed by atoms with Crippen LogP contribution in [-0.4, -0.2) is 12.3 Å². The van der Waals surface area contributed by atoms with E-state index < -0.39 is 6.36 Å². The highest BCUT2D eigenvalue weighted by atomic mass is 19.4. The lowest BCUT2D eigenvalue weighted by Crippen LogP contribution is -2.16. The number of ether oxygens (including phenoxy) is 1. The zero-order valence-electron chi connectivity index (χ0n) is 11.6. The molecular formula is C16H11F3N2O2. The predicted molar refractivity (Wildman–Crippen MR) is 79.8 cm³/mol. The fraction of sp³-hybridized carbons (Fsp3) is 0.0625. The number of fused-ring (bicyclic) bond motifs is 1. The number of hydrogen-bond donors (Lipinski definition) is 2. The van der Waals surface area contributed by atoms with Crippen molar-refractivity contribution in [2.45, 2.75) is 6.36 Å². The van der Waals surface area contributed by atoms with Gasteiger partial charge >= 0.3 is 6.36 Å². The summed E-state index contributed by atoms with van der Waals surface area (Å²) in [4.78, 5) is 11.9. The van der Waals surface area contributed by atoms with Crippen molar-refractivity contribution in [1.29, 1.82) is 0 Å². The van der Waals surface area contributed by atoms with Crippen molar-refractivity contribution in [3.05, 3.63) is 60.3 Å². The van der Waals surface area contributed by atoms with E-state index in [0.29, 0.717) is 11.3 Å². The predicted octanol–water partition coefficient (Wildman–Crippen LogP) is 3.99. The minimum absolute atomic E-state index is 0.240. The van der Waals surface area contributed by atoms with Gasteiger partial charge in [-0.05, 0) is 30.3 Å². The van der Waals surface area contributed by atoms with Gasteiger partial charge in [-0.15, -0.1) is 13.2 Å². The molecule has 1 aliphatic rings.